The van der Waals surface area contributed by atoms with E-state index >= 15 is 0 Å². The van der Waals surface area contributed by atoms with Crippen LogP contribution in [-0.2, 0) is 4.79 Å². The van der Waals surface area contributed by atoms with Crippen molar-refractivity contribution in [1.82, 2.24) is 0 Å². The van der Waals surface area contributed by atoms with Crippen LogP contribution in [0, 0.1) is 5.82 Å². The topological polar surface area (TPSA) is 41.9 Å². The smallest absolute Gasteiger partial charge is 0.283 e. The Hall–Kier alpha value is -2.57. The number of thioether (sulfide) groups is 1. The normalized spacial score (nSPS) is 15.2. The van der Waals surface area contributed by atoms with E-state index in [2.05, 4.69) is 11.6 Å². The van der Waals surface area contributed by atoms with Gasteiger partial charge in [-0.3, -0.25) is 9.69 Å². The zero-order valence-corrected chi connectivity index (χ0v) is 16.1. The Morgan fingerprint density at radius 2 is 2.11 bits per heavy atom. The summed E-state index contributed by atoms with van der Waals surface area (Å²) >= 11 is 7.56. The van der Waals surface area contributed by atoms with E-state index in [9.17, 15) is 9.18 Å². The van der Waals surface area contributed by atoms with Gasteiger partial charge in [-0.05, 0) is 30.3 Å². The summed E-state index contributed by atoms with van der Waals surface area (Å²) in [5.74, 6) is 0.302. The standard InChI is InChI=1S/C20H16ClFN2O2S/c1-3-10-27-20-23-17(11-13-6-4-5-7-16(13)22)19(25)24(20)14-8-9-18(26-2)15(21)12-14/h3-9,11-12H,1,10H2,2H3. The number of benzene rings is 2. The highest BCUT2D eigenvalue weighted by atomic mass is 35.5. The fourth-order valence-electron chi connectivity index (χ4n) is 2.49. The van der Waals surface area contributed by atoms with Crippen molar-refractivity contribution in [3.05, 3.63) is 77.2 Å². The summed E-state index contributed by atoms with van der Waals surface area (Å²) in [6.07, 6.45) is 3.16. The van der Waals surface area contributed by atoms with Crippen molar-refractivity contribution >= 4 is 46.2 Å². The van der Waals surface area contributed by atoms with Gasteiger partial charge >= 0.3 is 0 Å². The molecular formula is C20H16ClFN2O2S. The van der Waals surface area contributed by atoms with Gasteiger partial charge < -0.3 is 4.74 Å². The fourth-order valence-corrected chi connectivity index (χ4v) is 3.49. The van der Waals surface area contributed by atoms with Crippen molar-refractivity contribution in [3.63, 3.8) is 0 Å². The maximum atomic E-state index is 14.0. The van der Waals surface area contributed by atoms with E-state index in [1.165, 1.54) is 35.9 Å². The number of carbonyl (C=O) groups is 1. The molecular weight excluding hydrogens is 387 g/mol. The molecule has 0 aromatic heterocycles. The lowest BCUT2D eigenvalue weighted by Crippen LogP contribution is -2.30. The molecule has 7 heteroatoms. The SMILES string of the molecule is C=CCSC1=NC(=Cc2ccccc2F)C(=O)N1c1ccc(OC)c(Cl)c1. The molecule has 0 fully saturated rings. The second-order valence-corrected chi connectivity index (χ2v) is 6.90. The van der Waals surface area contributed by atoms with Gasteiger partial charge in [-0.2, -0.15) is 0 Å². The number of rotatable bonds is 5. The van der Waals surface area contributed by atoms with Crippen molar-refractivity contribution in [1.29, 1.82) is 0 Å². The molecule has 0 unspecified atom stereocenters. The lowest BCUT2D eigenvalue weighted by Gasteiger charge is -2.18. The van der Waals surface area contributed by atoms with E-state index in [0.717, 1.165) is 0 Å². The van der Waals surface area contributed by atoms with Gasteiger partial charge in [-0.1, -0.05) is 47.6 Å². The van der Waals surface area contributed by atoms with Crippen LogP contribution in [0.5, 0.6) is 5.75 Å². The molecule has 2 aromatic carbocycles. The minimum Gasteiger partial charge on any atom is -0.495 e. The molecule has 138 valence electrons. The first-order valence-electron chi connectivity index (χ1n) is 8.01. The number of amides is 1. The van der Waals surface area contributed by atoms with Gasteiger partial charge in [-0.25, -0.2) is 9.38 Å². The Morgan fingerprint density at radius 3 is 2.78 bits per heavy atom. The molecule has 1 heterocycles. The molecule has 0 saturated carbocycles. The molecule has 0 spiro atoms. The molecule has 0 atom stereocenters. The Bertz CT molecular complexity index is 959. The average Bonchev–Trinajstić information content (AvgIpc) is 2.97. The first kappa shape index (κ1) is 19.2. The van der Waals surface area contributed by atoms with Crippen LogP contribution in [-0.4, -0.2) is 23.9 Å². The van der Waals surface area contributed by atoms with Crippen LogP contribution in [0.25, 0.3) is 6.08 Å². The number of hydrogen-bond acceptors (Lipinski definition) is 4. The van der Waals surface area contributed by atoms with E-state index in [-0.39, 0.29) is 11.6 Å². The largest absolute Gasteiger partial charge is 0.495 e. The van der Waals surface area contributed by atoms with Crippen LogP contribution >= 0.6 is 23.4 Å². The molecule has 0 aliphatic carbocycles. The first-order chi connectivity index (χ1) is 13.0. The van der Waals surface area contributed by atoms with Gasteiger partial charge in [-0.15, -0.1) is 6.58 Å². The Morgan fingerprint density at radius 1 is 1.33 bits per heavy atom. The molecule has 3 rings (SSSR count). The molecule has 2 aromatic rings. The summed E-state index contributed by atoms with van der Waals surface area (Å²) in [5.41, 5.74) is 1.00. The number of anilines is 1. The highest BCUT2D eigenvalue weighted by Crippen LogP contribution is 2.34. The van der Waals surface area contributed by atoms with Crippen molar-refractivity contribution in [2.45, 2.75) is 0 Å². The molecule has 1 aliphatic heterocycles. The Balaban J connectivity index is 2.02. The van der Waals surface area contributed by atoms with E-state index in [1.54, 1.807) is 42.5 Å². The fraction of sp³-hybridized carbons (Fsp3) is 0.100. The predicted octanol–water partition coefficient (Wildman–Crippen LogP) is 5.15. The summed E-state index contributed by atoms with van der Waals surface area (Å²) in [6, 6.07) is 11.3. The summed E-state index contributed by atoms with van der Waals surface area (Å²) in [4.78, 5) is 18.8. The van der Waals surface area contributed by atoms with Crippen LogP contribution in [0.3, 0.4) is 0 Å². The lowest BCUT2D eigenvalue weighted by molar-refractivity contribution is -0.113. The van der Waals surface area contributed by atoms with E-state index < -0.39 is 5.82 Å². The van der Waals surface area contributed by atoms with Crippen LogP contribution in [0.1, 0.15) is 5.56 Å². The minimum absolute atomic E-state index is 0.151. The number of hydrogen-bond donors (Lipinski definition) is 0. The molecule has 0 bridgehead atoms. The third-order valence-electron chi connectivity index (χ3n) is 3.75. The summed E-state index contributed by atoms with van der Waals surface area (Å²) in [6.45, 7) is 3.69. The third kappa shape index (κ3) is 4.07. The van der Waals surface area contributed by atoms with Gasteiger partial charge in [0.25, 0.3) is 5.91 Å². The molecule has 27 heavy (non-hydrogen) atoms. The Kier molecular flexibility index (Phi) is 5.98. The number of aliphatic imine (C=N–C) groups is 1. The monoisotopic (exact) mass is 402 g/mol. The predicted molar refractivity (Wildman–Crippen MR) is 110 cm³/mol. The maximum Gasteiger partial charge on any atom is 0.283 e. The van der Waals surface area contributed by atoms with E-state index in [4.69, 9.17) is 16.3 Å². The molecule has 1 amide bonds. The van der Waals surface area contributed by atoms with Gasteiger partial charge in [0.05, 0.1) is 17.8 Å². The highest BCUT2D eigenvalue weighted by molar-refractivity contribution is 8.14. The van der Waals surface area contributed by atoms with Crippen LogP contribution in [0.15, 0.2) is 65.8 Å². The number of nitrogens with zero attached hydrogens (tertiary/aromatic N) is 2. The average molecular weight is 403 g/mol. The van der Waals surface area contributed by atoms with Crippen molar-refractivity contribution in [2.24, 2.45) is 4.99 Å². The summed E-state index contributed by atoms with van der Waals surface area (Å²) in [5, 5.41) is 0.853. The van der Waals surface area contributed by atoms with Gasteiger partial charge in [0.15, 0.2) is 5.17 Å². The number of ether oxygens (including phenoxy) is 1. The van der Waals surface area contributed by atoms with Crippen LogP contribution in [0.4, 0.5) is 10.1 Å². The molecule has 1 aliphatic rings. The number of methoxy groups -OCH3 is 1. The van der Waals surface area contributed by atoms with Crippen LogP contribution < -0.4 is 9.64 Å². The van der Waals surface area contributed by atoms with Gasteiger partial charge in [0, 0.05) is 11.3 Å². The summed E-state index contributed by atoms with van der Waals surface area (Å²) < 4.78 is 19.1. The summed E-state index contributed by atoms with van der Waals surface area (Å²) in [7, 11) is 1.52. The number of halogens is 2. The molecule has 0 N–H and O–H groups in total. The molecule has 0 saturated heterocycles. The second-order valence-electron chi connectivity index (χ2n) is 5.50. The van der Waals surface area contributed by atoms with Crippen molar-refractivity contribution in [3.8, 4) is 5.75 Å². The quantitative estimate of drug-likeness (QED) is 0.513. The van der Waals surface area contributed by atoms with Crippen molar-refractivity contribution < 1.29 is 13.9 Å². The second kappa shape index (κ2) is 8.41. The zero-order valence-electron chi connectivity index (χ0n) is 14.5. The zero-order chi connectivity index (χ0) is 19.4. The maximum absolute atomic E-state index is 14.0. The van der Waals surface area contributed by atoms with Crippen LogP contribution in [0.2, 0.25) is 5.02 Å². The van der Waals surface area contributed by atoms with Crippen molar-refractivity contribution in [2.75, 3.05) is 17.8 Å². The van der Waals surface area contributed by atoms with E-state index in [1.807, 2.05) is 0 Å². The molecule has 0 radical (unpaired) electrons. The van der Waals surface area contributed by atoms with Gasteiger partial charge in [0.1, 0.15) is 17.3 Å². The number of carbonyl (C=O) groups excluding carboxylic acids is 1. The van der Waals surface area contributed by atoms with Gasteiger partial charge in [0.2, 0.25) is 0 Å². The third-order valence-corrected chi connectivity index (χ3v) is 4.98. The first-order valence-corrected chi connectivity index (χ1v) is 9.38. The molecule has 4 nitrogen and oxygen atoms in total. The minimum atomic E-state index is -0.417. The highest BCUT2D eigenvalue weighted by Gasteiger charge is 2.32. The Labute approximate surface area is 166 Å². The number of amidine groups is 1. The van der Waals surface area contributed by atoms with E-state index in [0.29, 0.717) is 32.9 Å². The lowest BCUT2D eigenvalue weighted by atomic mass is 10.1.